The number of unbranched alkanes of at least 4 members (excludes halogenated alkanes) is 6. The molecule has 172 valence electrons. The van der Waals surface area contributed by atoms with Crippen LogP contribution < -0.4 is 11.5 Å². The summed E-state index contributed by atoms with van der Waals surface area (Å²) in [5, 5.41) is 0. The van der Waals surface area contributed by atoms with Crippen molar-refractivity contribution in [1.82, 2.24) is 0 Å². The Morgan fingerprint density at radius 2 is 1.00 bits per heavy atom. The van der Waals surface area contributed by atoms with E-state index in [-0.39, 0.29) is 0 Å². The van der Waals surface area contributed by atoms with Crippen LogP contribution in [0.4, 0.5) is 11.4 Å². The molecule has 0 bridgehead atoms. The first-order chi connectivity index (χ1) is 14.8. The van der Waals surface area contributed by atoms with Crippen LogP contribution in [0.25, 0.3) is 0 Å². The third-order valence-corrected chi connectivity index (χ3v) is 8.67. The summed E-state index contributed by atoms with van der Waals surface area (Å²) in [6.07, 6.45) is 9.70. The molecule has 0 saturated carbocycles. The summed E-state index contributed by atoms with van der Waals surface area (Å²) < 4.78 is 26.4. The molecule has 0 amide bonds. The van der Waals surface area contributed by atoms with E-state index < -0.39 is 9.84 Å². The van der Waals surface area contributed by atoms with Crippen LogP contribution in [0.1, 0.15) is 62.5 Å². The average molecular weight is 574 g/mol. The first kappa shape index (κ1) is 26.2. The van der Waals surface area contributed by atoms with Gasteiger partial charge in [-0.1, -0.05) is 37.8 Å². The Balaban J connectivity index is 1.50. The molecule has 31 heavy (non-hydrogen) atoms. The Morgan fingerprint density at radius 1 is 0.613 bits per heavy atom. The Bertz CT molecular complexity index is 864. The fraction of sp³-hybridized carbons (Fsp3) is 0.500. The summed E-state index contributed by atoms with van der Waals surface area (Å²) in [7, 11) is -2.92. The molecule has 0 atom stereocenters. The van der Waals surface area contributed by atoms with Crippen LogP contribution in [-0.4, -0.2) is 19.9 Å². The monoisotopic (exact) mass is 572 g/mol. The van der Waals surface area contributed by atoms with Gasteiger partial charge in [-0.2, -0.15) is 0 Å². The first-order valence-corrected chi connectivity index (χ1v) is 14.5. The van der Waals surface area contributed by atoms with Crippen LogP contribution in [0.5, 0.6) is 0 Å². The van der Waals surface area contributed by atoms with Crippen molar-refractivity contribution >= 4 is 53.1 Å². The van der Waals surface area contributed by atoms with E-state index in [1.54, 1.807) is 0 Å². The van der Waals surface area contributed by atoms with Crippen LogP contribution >= 0.6 is 31.9 Å². The third-order valence-electron chi connectivity index (χ3n) is 5.47. The Hall–Kier alpha value is -1.05. The maximum Gasteiger partial charge on any atom is 0.150 e. The van der Waals surface area contributed by atoms with Crippen molar-refractivity contribution in [3.63, 3.8) is 0 Å². The normalized spacial score (nSPS) is 11.7. The molecular formula is C24H34Br2N2O2S. The lowest BCUT2D eigenvalue weighted by molar-refractivity contribution is 0.580. The van der Waals surface area contributed by atoms with Gasteiger partial charge in [0.05, 0.1) is 11.5 Å². The second kappa shape index (κ2) is 13.5. The van der Waals surface area contributed by atoms with E-state index in [0.717, 1.165) is 84.5 Å². The predicted molar refractivity (Wildman–Crippen MR) is 140 cm³/mol. The van der Waals surface area contributed by atoms with Crippen molar-refractivity contribution in [3.8, 4) is 0 Å². The van der Waals surface area contributed by atoms with Gasteiger partial charge in [-0.3, -0.25) is 0 Å². The Labute approximate surface area is 204 Å². The number of nitrogens with two attached hydrogens (primary N) is 2. The molecule has 0 heterocycles. The maximum absolute atomic E-state index is 12.2. The van der Waals surface area contributed by atoms with Gasteiger partial charge in [-0.05, 0) is 106 Å². The number of halogens is 2. The number of sulfone groups is 1. The molecule has 0 fully saturated rings. The Morgan fingerprint density at radius 3 is 1.39 bits per heavy atom. The van der Waals surface area contributed by atoms with Gasteiger partial charge in [0.2, 0.25) is 0 Å². The second-order valence-corrected chi connectivity index (χ2v) is 12.2. The molecule has 0 radical (unpaired) electrons. The zero-order valence-corrected chi connectivity index (χ0v) is 22.1. The van der Waals surface area contributed by atoms with Crippen molar-refractivity contribution in [2.24, 2.45) is 0 Å². The second-order valence-electron chi connectivity index (χ2n) is 8.19. The number of hydrogen-bond donors (Lipinski definition) is 2. The highest BCUT2D eigenvalue weighted by molar-refractivity contribution is 9.11. The lowest BCUT2D eigenvalue weighted by atomic mass is 10.1. The number of benzene rings is 2. The van der Waals surface area contributed by atoms with Crippen molar-refractivity contribution in [2.75, 3.05) is 23.0 Å². The molecule has 2 aromatic carbocycles. The molecule has 4 nitrogen and oxygen atoms in total. The summed E-state index contributed by atoms with van der Waals surface area (Å²) in [6, 6.07) is 12.1. The van der Waals surface area contributed by atoms with Crippen LogP contribution in [-0.2, 0) is 22.7 Å². The molecule has 0 spiro atoms. The molecule has 0 aromatic heterocycles. The Kier molecular flexibility index (Phi) is 11.4. The average Bonchev–Trinajstić information content (AvgIpc) is 2.72. The van der Waals surface area contributed by atoms with Crippen LogP contribution in [0, 0.1) is 0 Å². The first-order valence-electron chi connectivity index (χ1n) is 11.0. The lowest BCUT2D eigenvalue weighted by Crippen LogP contribution is -2.11. The molecule has 0 aliphatic rings. The van der Waals surface area contributed by atoms with Crippen molar-refractivity contribution < 1.29 is 8.42 Å². The van der Waals surface area contributed by atoms with E-state index in [0.29, 0.717) is 11.5 Å². The number of anilines is 2. The predicted octanol–water partition coefficient (Wildman–Crippen LogP) is 6.70. The number of nitrogen functional groups attached to an aromatic ring is 2. The van der Waals surface area contributed by atoms with Gasteiger partial charge in [0.1, 0.15) is 9.84 Å². The number of aryl methyl sites for hydroxylation is 2. The van der Waals surface area contributed by atoms with Gasteiger partial charge in [0.15, 0.2) is 0 Å². The molecular weight excluding hydrogens is 540 g/mol. The topological polar surface area (TPSA) is 86.2 Å². The minimum absolute atomic E-state index is 0.319. The van der Waals surface area contributed by atoms with Crippen molar-refractivity contribution in [1.29, 1.82) is 0 Å². The van der Waals surface area contributed by atoms with Crippen molar-refractivity contribution in [2.45, 2.75) is 64.2 Å². The number of rotatable bonds is 14. The van der Waals surface area contributed by atoms with E-state index in [1.165, 1.54) is 11.1 Å². The molecule has 0 aliphatic carbocycles. The third kappa shape index (κ3) is 10.4. The zero-order chi connectivity index (χ0) is 22.7. The van der Waals surface area contributed by atoms with Crippen LogP contribution in [0.2, 0.25) is 0 Å². The van der Waals surface area contributed by atoms with E-state index >= 15 is 0 Å². The van der Waals surface area contributed by atoms with E-state index in [1.807, 2.05) is 12.1 Å². The molecule has 0 aliphatic heterocycles. The number of hydrogen-bond acceptors (Lipinski definition) is 4. The molecule has 0 saturated heterocycles. The van der Waals surface area contributed by atoms with Gasteiger partial charge < -0.3 is 11.5 Å². The van der Waals surface area contributed by atoms with E-state index in [2.05, 4.69) is 56.1 Å². The summed E-state index contributed by atoms with van der Waals surface area (Å²) in [4.78, 5) is 0. The van der Waals surface area contributed by atoms with Crippen LogP contribution in [0.3, 0.4) is 0 Å². The largest absolute Gasteiger partial charge is 0.398 e. The van der Waals surface area contributed by atoms with Gasteiger partial charge in [-0.15, -0.1) is 0 Å². The van der Waals surface area contributed by atoms with Crippen molar-refractivity contribution in [3.05, 3.63) is 56.5 Å². The zero-order valence-electron chi connectivity index (χ0n) is 18.1. The van der Waals surface area contributed by atoms with Gasteiger partial charge in [-0.25, -0.2) is 8.42 Å². The minimum Gasteiger partial charge on any atom is -0.398 e. The van der Waals surface area contributed by atoms with Gasteiger partial charge in [0.25, 0.3) is 0 Å². The fourth-order valence-corrected chi connectivity index (χ4v) is 5.91. The molecule has 2 aromatic rings. The standard InChI is InChI=1S/C24H34Br2N2O2S/c25-21-17-19(11-13-23(21)27)9-5-1-3-7-15-31(29,30)16-8-4-2-6-10-20-12-14-24(28)22(26)18-20/h11-14,17-18H,1-10,15-16,27-28H2. The highest BCUT2D eigenvalue weighted by Gasteiger charge is 2.10. The summed E-state index contributed by atoms with van der Waals surface area (Å²) in [6.45, 7) is 0. The molecule has 2 rings (SSSR count). The summed E-state index contributed by atoms with van der Waals surface area (Å²) in [5.74, 6) is 0.639. The smallest absolute Gasteiger partial charge is 0.150 e. The van der Waals surface area contributed by atoms with E-state index in [4.69, 9.17) is 11.5 Å². The fourth-order valence-electron chi connectivity index (χ4n) is 3.56. The summed E-state index contributed by atoms with van der Waals surface area (Å²) in [5.41, 5.74) is 15.6. The van der Waals surface area contributed by atoms with E-state index in [9.17, 15) is 8.42 Å². The van der Waals surface area contributed by atoms with Gasteiger partial charge in [0, 0.05) is 20.3 Å². The lowest BCUT2D eigenvalue weighted by Gasteiger charge is -2.07. The molecule has 7 heteroatoms. The SMILES string of the molecule is Nc1ccc(CCCCCCS(=O)(=O)CCCCCCc2ccc(N)c(Br)c2)cc1Br. The molecule has 4 N–H and O–H groups in total. The summed E-state index contributed by atoms with van der Waals surface area (Å²) >= 11 is 6.91. The van der Waals surface area contributed by atoms with Crippen LogP contribution in [0.15, 0.2) is 45.3 Å². The highest BCUT2D eigenvalue weighted by Crippen LogP contribution is 2.22. The highest BCUT2D eigenvalue weighted by atomic mass is 79.9. The minimum atomic E-state index is -2.92. The maximum atomic E-state index is 12.2. The van der Waals surface area contributed by atoms with Gasteiger partial charge >= 0.3 is 0 Å². The molecule has 0 unspecified atom stereocenters. The quantitative estimate of drug-likeness (QED) is 0.194.